The first-order chi connectivity index (χ1) is 12.6. The van der Waals surface area contributed by atoms with Crippen molar-refractivity contribution >= 4 is 22.9 Å². The van der Waals surface area contributed by atoms with Crippen molar-refractivity contribution in [2.45, 2.75) is 39.9 Å². The molecule has 3 N–H and O–H groups in total. The number of fused-ring (bicyclic) bond motifs is 1. The fourth-order valence-corrected chi connectivity index (χ4v) is 2.63. The maximum atomic E-state index is 9.59. The number of aromatic nitrogens is 5. The number of anilines is 2. The monoisotopic (exact) mass is 355 g/mol. The van der Waals surface area contributed by atoms with Gasteiger partial charge < -0.3 is 15.7 Å². The third kappa shape index (κ3) is 3.91. The normalized spacial score (nSPS) is 12.5. The molecule has 3 aromatic rings. The highest BCUT2D eigenvalue weighted by Crippen LogP contribution is 2.21. The van der Waals surface area contributed by atoms with Crippen molar-refractivity contribution in [1.29, 1.82) is 0 Å². The lowest BCUT2D eigenvalue weighted by atomic mass is 10.1. The maximum absolute atomic E-state index is 9.59. The van der Waals surface area contributed by atoms with Crippen molar-refractivity contribution in [3.8, 4) is 0 Å². The smallest absolute Gasteiger partial charge is 0.227 e. The highest BCUT2D eigenvalue weighted by molar-refractivity contribution is 5.83. The zero-order valence-electron chi connectivity index (χ0n) is 15.3. The average molecular weight is 355 g/mol. The van der Waals surface area contributed by atoms with Gasteiger partial charge in [0, 0.05) is 13.1 Å². The Morgan fingerprint density at radius 1 is 1.15 bits per heavy atom. The van der Waals surface area contributed by atoms with Gasteiger partial charge in [-0.2, -0.15) is 9.97 Å². The molecule has 0 aliphatic heterocycles. The summed E-state index contributed by atoms with van der Waals surface area (Å²) in [6, 6.07) is 9.97. The number of aryl methyl sites for hydroxylation is 1. The number of rotatable bonds is 8. The molecule has 0 aliphatic rings. The van der Waals surface area contributed by atoms with Crippen LogP contribution in [0.2, 0.25) is 0 Å². The number of hydrogen-bond acceptors (Lipinski definition) is 7. The van der Waals surface area contributed by atoms with Crippen molar-refractivity contribution in [1.82, 2.24) is 25.0 Å². The molecule has 138 valence electrons. The predicted octanol–water partition coefficient (Wildman–Crippen LogP) is 2.28. The highest BCUT2D eigenvalue weighted by Gasteiger charge is 2.18. The molecule has 3 rings (SSSR count). The van der Waals surface area contributed by atoms with Crippen LogP contribution in [0.1, 0.15) is 26.3 Å². The van der Waals surface area contributed by atoms with Gasteiger partial charge in [0.2, 0.25) is 5.95 Å². The molecule has 26 heavy (non-hydrogen) atoms. The molecule has 8 nitrogen and oxygen atoms in total. The van der Waals surface area contributed by atoms with Crippen LogP contribution in [0.4, 0.5) is 11.8 Å². The molecule has 0 amide bonds. The second kappa shape index (κ2) is 8.09. The molecule has 2 aromatic heterocycles. The van der Waals surface area contributed by atoms with Crippen molar-refractivity contribution in [3.63, 3.8) is 0 Å². The van der Waals surface area contributed by atoms with E-state index in [0.29, 0.717) is 36.0 Å². The van der Waals surface area contributed by atoms with E-state index in [-0.39, 0.29) is 18.6 Å². The van der Waals surface area contributed by atoms with Crippen LogP contribution in [0.15, 0.2) is 30.3 Å². The summed E-state index contributed by atoms with van der Waals surface area (Å²) in [5, 5.41) is 24.5. The summed E-state index contributed by atoms with van der Waals surface area (Å²) in [6.07, 6.45) is 0. The number of aliphatic hydroxyl groups excluding tert-OH is 1. The average Bonchev–Trinajstić information content (AvgIpc) is 3.08. The van der Waals surface area contributed by atoms with Crippen molar-refractivity contribution in [2.24, 2.45) is 5.92 Å². The Kier molecular flexibility index (Phi) is 5.62. The predicted molar refractivity (Wildman–Crippen MR) is 102 cm³/mol. The number of nitrogens with one attached hydrogen (secondary N) is 2. The lowest BCUT2D eigenvalue weighted by Gasteiger charge is -2.20. The molecule has 0 aliphatic carbocycles. The van der Waals surface area contributed by atoms with E-state index in [1.165, 1.54) is 0 Å². The van der Waals surface area contributed by atoms with Gasteiger partial charge in [-0.3, -0.25) is 0 Å². The largest absolute Gasteiger partial charge is 0.394 e. The van der Waals surface area contributed by atoms with Gasteiger partial charge in [-0.1, -0.05) is 49.4 Å². The Morgan fingerprint density at radius 3 is 2.58 bits per heavy atom. The summed E-state index contributed by atoms with van der Waals surface area (Å²) in [7, 11) is 0. The Labute approximate surface area is 152 Å². The molecule has 0 saturated carbocycles. The van der Waals surface area contributed by atoms with Gasteiger partial charge in [0.15, 0.2) is 17.0 Å². The molecule has 0 radical (unpaired) electrons. The number of nitrogens with zero attached hydrogens (tertiary/aromatic N) is 5. The molecule has 8 heteroatoms. The Bertz CT molecular complexity index is 847. The second-order valence-corrected chi connectivity index (χ2v) is 6.49. The lowest BCUT2D eigenvalue weighted by Crippen LogP contribution is -2.30. The van der Waals surface area contributed by atoms with Crippen LogP contribution >= 0.6 is 0 Å². The van der Waals surface area contributed by atoms with Gasteiger partial charge in [-0.25, -0.2) is 4.68 Å². The summed E-state index contributed by atoms with van der Waals surface area (Å²) in [4.78, 5) is 9.13. The first-order valence-electron chi connectivity index (χ1n) is 8.88. The quantitative estimate of drug-likeness (QED) is 0.570. The third-order valence-corrected chi connectivity index (χ3v) is 4.28. The Hall–Kier alpha value is -2.74. The van der Waals surface area contributed by atoms with Crippen molar-refractivity contribution < 1.29 is 5.11 Å². The zero-order chi connectivity index (χ0) is 18.5. The van der Waals surface area contributed by atoms with Gasteiger partial charge >= 0.3 is 0 Å². The molecule has 1 atom stereocenters. The minimum atomic E-state index is -0.125. The summed E-state index contributed by atoms with van der Waals surface area (Å²) >= 11 is 0. The van der Waals surface area contributed by atoms with E-state index in [4.69, 9.17) is 0 Å². The van der Waals surface area contributed by atoms with Gasteiger partial charge in [-0.15, -0.1) is 5.10 Å². The molecular formula is C18H25N7O. The second-order valence-electron chi connectivity index (χ2n) is 6.49. The van der Waals surface area contributed by atoms with E-state index in [1.807, 2.05) is 51.1 Å². The Morgan fingerprint density at radius 2 is 1.92 bits per heavy atom. The number of aliphatic hydroxyl groups is 1. The molecule has 0 bridgehead atoms. The van der Waals surface area contributed by atoms with Gasteiger partial charge in [0.25, 0.3) is 0 Å². The number of benzene rings is 1. The van der Waals surface area contributed by atoms with Crippen LogP contribution in [0.25, 0.3) is 11.2 Å². The van der Waals surface area contributed by atoms with Crippen LogP contribution in [-0.4, -0.2) is 42.7 Å². The van der Waals surface area contributed by atoms with E-state index in [2.05, 4.69) is 30.9 Å². The van der Waals surface area contributed by atoms with Crippen LogP contribution in [-0.2, 0) is 13.1 Å². The zero-order valence-corrected chi connectivity index (χ0v) is 15.3. The van der Waals surface area contributed by atoms with Crippen LogP contribution in [0, 0.1) is 5.92 Å². The van der Waals surface area contributed by atoms with Gasteiger partial charge in [0.05, 0.1) is 12.6 Å². The maximum Gasteiger partial charge on any atom is 0.227 e. The van der Waals surface area contributed by atoms with E-state index < -0.39 is 0 Å². The summed E-state index contributed by atoms with van der Waals surface area (Å²) in [5.74, 6) is 1.33. The summed E-state index contributed by atoms with van der Waals surface area (Å²) in [5.41, 5.74) is 2.45. The molecule has 0 unspecified atom stereocenters. The molecule has 2 heterocycles. The van der Waals surface area contributed by atoms with E-state index in [1.54, 1.807) is 4.68 Å². The molecular weight excluding hydrogens is 330 g/mol. The SMILES string of the molecule is CCn1nnc2c(NCc3ccccc3)nc(N[C@@H](CO)C(C)C)nc21. The van der Waals surface area contributed by atoms with E-state index >= 15 is 0 Å². The third-order valence-electron chi connectivity index (χ3n) is 4.28. The van der Waals surface area contributed by atoms with Crippen LogP contribution in [0.3, 0.4) is 0 Å². The first-order valence-corrected chi connectivity index (χ1v) is 8.88. The minimum Gasteiger partial charge on any atom is -0.394 e. The lowest BCUT2D eigenvalue weighted by molar-refractivity contribution is 0.248. The van der Waals surface area contributed by atoms with Gasteiger partial charge in [-0.05, 0) is 18.4 Å². The minimum absolute atomic E-state index is 0.0110. The molecule has 0 saturated heterocycles. The van der Waals surface area contributed by atoms with E-state index in [0.717, 1.165) is 5.56 Å². The van der Waals surface area contributed by atoms with Crippen LogP contribution in [0.5, 0.6) is 0 Å². The highest BCUT2D eigenvalue weighted by atomic mass is 16.3. The first kappa shape index (κ1) is 18.1. The summed E-state index contributed by atoms with van der Waals surface area (Å²) < 4.78 is 1.74. The molecule has 0 spiro atoms. The van der Waals surface area contributed by atoms with Gasteiger partial charge in [0.1, 0.15) is 0 Å². The molecule has 1 aromatic carbocycles. The van der Waals surface area contributed by atoms with Crippen LogP contribution < -0.4 is 10.6 Å². The number of hydrogen-bond donors (Lipinski definition) is 3. The topological polar surface area (TPSA) is 101 Å². The summed E-state index contributed by atoms with van der Waals surface area (Å²) in [6.45, 7) is 7.37. The Balaban J connectivity index is 1.93. The van der Waals surface area contributed by atoms with Crippen molar-refractivity contribution in [2.75, 3.05) is 17.2 Å². The standard InChI is InChI=1S/C18H25N7O/c1-4-25-17-15(23-24-25)16(19-10-13-8-6-5-7-9-13)21-18(22-17)20-14(11-26)12(2)3/h5-9,12,14,26H,4,10-11H2,1-3H3,(H2,19,20,21,22)/t14-/m0/s1. The fraction of sp³-hybridized carbons (Fsp3) is 0.444. The van der Waals surface area contributed by atoms with Crippen molar-refractivity contribution in [3.05, 3.63) is 35.9 Å². The molecule has 0 fully saturated rings. The van der Waals surface area contributed by atoms with E-state index in [9.17, 15) is 5.11 Å². The fourth-order valence-electron chi connectivity index (χ4n) is 2.63.